The Bertz CT molecular complexity index is 224. The van der Waals surface area contributed by atoms with Gasteiger partial charge in [0.15, 0.2) is 0 Å². The third-order valence-corrected chi connectivity index (χ3v) is 1.01. The molecule has 0 spiro atoms. The fraction of sp³-hybridized carbons (Fsp3) is 0.500. The summed E-state index contributed by atoms with van der Waals surface area (Å²) in [6, 6.07) is 0. The van der Waals surface area contributed by atoms with Gasteiger partial charge in [0, 0.05) is 6.08 Å². The van der Waals surface area contributed by atoms with Gasteiger partial charge >= 0.3 is 35.5 Å². The minimum Gasteiger partial charge on any atom is -0.613 e. The van der Waals surface area contributed by atoms with Crippen LogP contribution in [-0.2, 0) is 19.1 Å². The Kier molecular flexibility index (Phi) is 10.3. The average molecular weight is 210 g/mol. The van der Waals surface area contributed by atoms with Crippen LogP contribution in [0.4, 0.5) is 0 Å². The molecule has 0 radical (unpaired) electrons. The molecule has 14 heavy (non-hydrogen) atoms. The summed E-state index contributed by atoms with van der Waals surface area (Å²) in [5, 5.41) is 10.7. The summed E-state index contributed by atoms with van der Waals surface area (Å²) in [7, 11) is 0. The number of carbonyl (C=O) groups excluding carboxylic acids is 2. The third kappa shape index (κ3) is 6.94. The Hall–Kier alpha value is -0.520. The molecule has 74 valence electrons. The molecular formula is C8H11NaO5. The van der Waals surface area contributed by atoms with Gasteiger partial charge in [-0.15, -0.1) is 0 Å². The number of hydrogen-bond acceptors (Lipinski definition) is 5. The molecule has 0 unspecified atom stereocenters. The molecule has 0 aliphatic heterocycles. The van der Waals surface area contributed by atoms with E-state index in [1.165, 1.54) is 0 Å². The van der Waals surface area contributed by atoms with Crippen molar-refractivity contribution in [3.63, 3.8) is 0 Å². The van der Waals surface area contributed by atoms with Crippen molar-refractivity contribution in [3.05, 3.63) is 12.0 Å². The van der Waals surface area contributed by atoms with Crippen molar-refractivity contribution < 1.29 is 53.7 Å². The van der Waals surface area contributed by atoms with Gasteiger partial charge in [0.1, 0.15) is 0 Å². The summed E-state index contributed by atoms with van der Waals surface area (Å²) in [5.41, 5.74) is 0. The summed E-state index contributed by atoms with van der Waals surface area (Å²) in [5.74, 6) is -2.88. The summed E-state index contributed by atoms with van der Waals surface area (Å²) in [6.45, 7) is 3.42. The molecule has 0 aliphatic carbocycles. The minimum absolute atomic E-state index is 0. The van der Waals surface area contributed by atoms with Crippen molar-refractivity contribution in [3.8, 4) is 0 Å². The Labute approximate surface area is 104 Å². The maximum atomic E-state index is 10.8. The predicted molar refractivity (Wildman–Crippen MR) is 41.3 cm³/mol. The molecule has 0 rings (SSSR count). The Morgan fingerprint density at radius 1 is 1.21 bits per heavy atom. The van der Waals surface area contributed by atoms with Crippen molar-refractivity contribution in [1.29, 1.82) is 0 Å². The standard InChI is InChI=1S/C8H12O5.Na/c1-3-12-7(10)5-6(9)8(11)13-4-2;/h5,10H,3-4H2,1-2H3;/q;+1/p-1. The van der Waals surface area contributed by atoms with E-state index < -0.39 is 17.7 Å². The van der Waals surface area contributed by atoms with Gasteiger partial charge < -0.3 is 14.6 Å². The summed E-state index contributed by atoms with van der Waals surface area (Å²) < 4.78 is 8.77. The van der Waals surface area contributed by atoms with Crippen molar-refractivity contribution in [2.24, 2.45) is 0 Å². The SMILES string of the molecule is CCOC(=O)C(=O)C=C([O-])OCC.[Na+]. The molecule has 0 aromatic rings. The molecule has 0 saturated carbocycles. The van der Waals surface area contributed by atoms with Gasteiger partial charge in [-0.3, -0.25) is 4.79 Å². The number of hydrogen-bond donors (Lipinski definition) is 0. The van der Waals surface area contributed by atoms with Crippen LogP contribution in [0.2, 0.25) is 0 Å². The topological polar surface area (TPSA) is 75.7 Å². The van der Waals surface area contributed by atoms with Crippen LogP contribution >= 0.6 is 0 Å². The van der Waals surface area contributed by atoms with Gasteiger partial charge in [0.25, 0.3) is 5.78 Å². The van der Waals surface area contributed by atoms with Crippen LogP contribution in [0.25, 0.3) is 0 Å². The van der Waals surface area contributed by atoms with Crippen LogP contribution in [0, 0.1) is 0 Å². The van der Waals surface area contributed by atoms with Gasteiger partial charge in [0.05, 0.1) is 12.6 Å². The number of carbonyl (C=O) groups is 2. The molecule has 6 heteroatoms. The van der Waals surface area contributed by atoms with Crippen LogP contribution in [0.15, 0.2) is 12.0 Å². The van der Waals surface area contributed by atoms with Gasteiger partial charge in [0.2, 0.25) is 0 Å². The van der Waals surface area contributed by atoms with E-state index >= 15 is 0 Å². The molecule has 0 atom stereocenters. The summed E-state index contributed by atoms with van der Waals surface area (Å²) in [4.78, 5) is 21.5. The van der Waals surface area contributed by atoms with Gasteiger partial charge in [-0.1, -0.05) is 6.92 Å². The second kappa shape index (κ2) is 9.05. The van der Waals surface area contributed by atoms with Gasteiger partial charge in [-0.25, -0.2) is 4.79 Å². The van der Waals surface area contributed by atoms with Crippen molar-refractivity contribution >= 4 is 11.8 Å². The first-order chi connectivity index (χ1) is 6.11. The quantitative estimate of drug-likeness (QED) is 0.154. The Morgan fingerprint density at radius 3 is 2.14 bits per heavy atom. The zero-order chi connectivity index (χ0) is 10.3. The first kappa shape index (κ1) is 15.9. The second-order valence-electron chi connectivity index (χ2n) is 1.98. The van der Waals surface area contributed by atoms with E-state index in [0.29, 0.717) is 6.08 Å². The molecule has 0 saturated heterocycles. The predicted octanol–water partition coefficient (Wildman–Crippen LogP) is -3.64. The van der Waals surface area contributed by atoms with E-state index in [4.69, 9.17) is 0 Å². The summed E-state index contributed by atoms with van der Waals surface area (Å²) in [6.07, 6.45) is 0.571. The van der Waals surface area contributed by atoms with E-state index in [1.807, 2.05) is 0 Å². The van der Waals surface area contributed by atoms with Crippen LogP contribution in [0.5, 0.6) is 0 Å². The maximum Gasteiger partial charge on any atom is 1.00 e. The van der Waals surface area contributed by atoms with Crippen molar-refractivity contribution in [2.75, 3.05) is 13.2 Å². The van der Waals surface area contributed by atoms with Crippen molar-refractivity contribution in [2.45, 2.75) is 13.8 Å². The average Bonchev–Trinajstić information content (AvgIpc) is 2.05. The second-order valence-corrected chi connectivity index (χ2v) is 1.98. The number of rotatable bonds is 5. The van der Waals surface area contributed by atoms with E-state index in [1.54, 1.807) is 13.8 Å². The van der Waals surface area contributed by atoms with Crippen LogP contribution in [0.1, 0.15) is 13.8 Å². The van der Waals surface area contributed by atoms with E-state index in [0.717, 1.165) is 0 Å². The third-order valence-electron chi connectivity index (χ3n) is 1.01. The smallest absolute Gasteiger partial charge is 0.613 e. The maximum absolute atomic E-state index is 10.8. The molecule has 0 aromatic carbocycles. The molecule has 0 bridgehead atoms. The Morgan fingerprint density at radius 2 is 1.71 bits per heavy atom. The minimum atomic E-state index is -1.05. The summed E-state index contributed by atoms with van der Waals surface area (Å²) >= 11 is 0. The number of ketones is 1. The van der Waals surface area contributed by atoms with Crippen molar-refractivity contribution in [1.82, 2.24) is 0 Å². The molecular weight excluding hydrogens is 199 g/mol. The first-order valence-electron chi connectivity index (χ1n) is 3.84. The van der Waals surface area contributed by atoms with E-state index in [9.17, 15) is 14.7 Å². The number of ether oxygens (including phenoxy) is 2. The van der Waals surface area contributed by atoms with Crippen LogP contribution in [-0.4, -0.2) is 25.0 Å². The largest absolute Gasteiger partial charge is 1.00 e. The molecule has 0 aromatic heterocycles. The van der Waals surface area contributed by atoms with E-state index in [2.05, 4.69) is 9.47 Å². The first-order valence-corrected chi connectivity index (χ1v) is 3.84. The molecule has 5 nitrogen and oxygen atoms in total. The molecule has 0 heterocycles. The molecule has 0 aliphatic rings. The van der Waals surface area contributed by atoms with E-state index in [-0.39, 0.29) is 42.8 Å². The number of esters is 1. The fourth-order valence-corrected chi connectivity index (χ4v) is 0.552. The van der Waals surface area contributed by atoms with Gasteiger partial charge in [-0.05, 0) is 13.5 Å². The van der Waals surface area contributed by atoms with Crippen LogP contribution in [0.3, 0.4) is 0 Å². The molecule has 0 N–H and O–H groups in total. The molecule has 0 fully saturated rings. The van der Waals surface area contributed by atoms with Crippen LogP contribution < -0.4 is 34.7 Å². The fourth-order valence-electron chi connectivity index (χ4n) is 0.552. The molecule has 0 amide bonds. The monoisotopic (exact) mass is 210 g/mol. The zero-order valence-corrected chi connectivity index (χ0v) is 10.5. The zero-order valence-electron chi connectivity index (χ0n) is 8.53. The Balaban J connectivity index is 0. The van der Waals surface area contributed by atoms with Gasteiger partial charge in [-0.2, -0.15) is 0 Å². The normalized spacial score (nSPS) is 10.0.